The van der Waals surface area contributed by atoms with Crippen LogP contribution in [0.5, 0.6) is 11.5 Å². The van der Waals surface area contributed by atoms with Gasteiger partial charge in [-0.15, -0.1) is 0 Å². The Morgan fingerprint density at radius 3 is 2.39 bits per heavy atom. The molecule has 1 aliphatic heterocycles. The summed E-state index contributed by atoms with van der Waals surface area (Å²) in [5.41, 5.74) is -0.0245. The molecule has 0 bridgehead atoms. The highest BCUT2D eigenvalue weighted by molar-refractivity contribution is 5.99. The van der Waals surface area contributed by atoms with Gasteiger partial charge in [-0.25, -0.2) is 4.98 Å². The fourth-order valence-corrected chi connectivity index (χ4v) is 2.67. The number of carbonyl (C=O) groups is 1. The monoisotopic (exact) mass is 317 g/mol. The zero-order chi connectivity index (χ0) is 16.2. The maximum absolute atomic E-state index is 12.5. The highest BCUT2D eigenvalue weighted by Gasteiger charge is 2.25. The average molecular weight is 317 g/mol. The minimum atomic E-state index is -0.337. The number of benzene rings is 1. The molecule has 2 N–H and O–H groups in total. The van der Waals surface area contributed by atoms with Crippen molar-refractivity contribution in [2.24, 2.45) is 0 Å². The van der Waals surface area contributed by atoms with E-state index in [-0.39, 0.29) is 23.0 Å². The van der Waals surface area contributed by atoms with Crippen LogP contribution in [0.25, 0.3) is 0 Å². The number of carbonyl (C=O) groups excluding carboxylic acids is 1. The van der Waals surface area contributed by atoms with Crippen molar-refractivity contribution in [1.29, 1.82) is 0 Å². The van der Waals surface area contributed by atoms with Crippen molar-refractivity contribution in [1.82, 2.24) is 24.6 Å². The zero-order valence-electron chi connectivity index (χ0n) is 12.7. The molecule has 2 aromatic rings. The molecule has 0 atom stereocenters. The molecule has 1 aliphatic rings. The molecule has 8 heteroatoms. The lowest BCUT2D eigenvalue weighted by Crippen LogP contribution is -2.49. The number of hydrogen-bond acceptors (Lipinski definition) is 6. The minimum Gasteiger partial charge on any atom is -0.507 e. The molecule has 1 aromatic heterocycles. The van der Waals surface area contributed by atoms with Gasteiger partial charge in [0.2, 0.25) is 0 Å². The summed E-state index contributed by atoms with van der Waals surface area (Å²) >= 11 is 0. The highest BCUT2D eigenvalue weighted by Crippen LogP contribution is 2.27. The third-order valence-electron chi connectivity index (χ3n) is 4.01. The van der Waals surface area contributed by atoms with Crippen LogP contribution in [0.4, 0.5) is 0 Å². The molecule has 1 saturated heterocycles. The molecule has 2 heterocycles. The normalized spacial score (nSPS) is 15.7. The van der Waals surface area contributed by atoms with Gasteiger partial charge in [0, 0.05) is 32.7 Å². The zero-order valence-corrected chi connectivity index (χ0v) is 12.7. The number of hydrogen-bond donors (Lipinski definition) is 2. The van der Waals surface area contributed by atoms with Gasteiger partial charge >= 0.3 is 0 Å². The Hall–Kier alpha value is -2.61. The van der Waals surface area contributed by atoms with Gasteiger partial charge in [-0.3, -0.25) is 14.4 Å². The molecular weight excluding hydrogens is 298 g/mol. The van der Waals surface area contributed by atoms with Crippen LogP contribution >= 0.6 is 0 Å². The molecule has 0 unspecified atom stereocenters. The van der Waals surface area contributed by atoms with Gasteiger partial charge in [-0.1, -0.05) is 6.07 Å². The lowest BCUT2D eigenvalue weighted by atomic mass is 10.1. The first-order valence-corrected chi connectivity index (χ1v) is 7.50. The summed E-state index contributed by atoms with van der Waals surface area (Å²) in [5, 5.41) is 23.7. The van der Waals surface area contributed by atoms with Gasteiger partial charge in [0.25, 0.3) is 5.91 Å². The maximum atomic E-state index is 12.5. The van der Waals surface area contributed by atoms with Gasteiger partial charge in [0.05, 0.1) is 6.54 Å². The lowest BCUT2D eigenvalue weighted by Gasteiger charge is -2.34. The Morgan fingerprint density at radius 2 is 1.78 bits per heavy atom. The largest absolute Gasteiger partial charge is 0.507 e. The van der Waals surface area contributed by atoms with E-state index in [0.717, 1.165) is 26.2 Å². The van der Waals surface area contributed by atoms with Crippen LogP contribution in [0.2, 0.25) is 0 Å². The van der Waals surface area contributed by atoms with Crippen LogP contribution in [0.15, 0.2) is 30.9 Å². The maximum Gasteiger partial charge on any atom is 0.261 e. The second-order valence-electron chi connectivity index (χ2n) is 5.46. The fraction of sp³-hybridized carbons (Fsp3) is 0.400. The Bertz CT molecular complexity index is 646. The summed E-state index contributed by atoms with van der Waals surface area (Å²) in [6, 6.07) is 4.31. The van der Waals surface area contributed by atoms with Gasteiger partial charge < -0.3 is 15.1 Å². The topological polar surface area (TPSA) is 94.7 Å². The highest BCUT2D eigenvalue weighted by atomic mass is 16.3. The number of piperazine rings is 1. The molecule has 122 valence electrons. The second kappa shape index (κ2) is 6.66. The molecule has 3 rings (SSSR count). The van der Waals surface area contributed by atoms with Crippen molar-refractivity contribution in [3.8, 4) is 11.5 Å². The SMILES string of the molecule is O=C(c1c(O)cccc1O)N1CCN(CCn2cncn2)CC1. The molecule has 23 heavy (non-hydrogen) atoms. The van der Waals surface area contributed by atoms with E-state index < -0.39 is 0 Å². The van der Waals surface area contributed by atoms with Crippen molar-refractivity contribution in [3.63, 3.8) is 0 Å². The summed E-state index contributed by atoms with van der Waals surface area (Å²) in [6.45, 7) is 4.21. The van der Waals surface area contributed by atoms with Crippen molar-refractivity contribution >= 4 is 5.91 Å². The Morgan fingerprint density at radius 1 is 1.09 bits per heavy atom. The number of amides is 1. The van der Waals surface area contributed by atoms with Crippen LogP contribution < -0.4 is 0 Å². The molecular formula is C15H19N5O3. The first-order chi connectivity index (χ1) is 11.1. The average Bonchev–Trinajstić information content (AvgIpc) is 3.06. The number of phenolic OH excluding ortho intramolecular Hbond substituents is 2. The summed E-state index contributed by atoms with van der Waals surface area (Å²) in [7, 11) is 0. The van der Waals surface area contributed by atoms with E-state index in [2.05, 4.69) is 15.0 Å². The van der Waals surface area contributed by atoms with Crippen LogP contribution in [0, 0.1) is 0 Å². The lowest BCUT2D eigenvalue weighted by molar-refractivity contribution is 0.0626. The predicted octanol–water partition coefficient (Wildman–Crippen LogP) is 0.147. The number of nitrogens with zero attached hydrogens (tertiary/aromatic N) is 5. The van der Waals surface area contributed by atoms with Crippen molar-refractivity contribution < 1.29 is 15.0 Å². The summed E-state index contributed by atoms with van der Waals surface area (Å²) in [4.78, 5) is 20.3. The molecule has 0 spiro atoms. The van der Waals surface area contributed by atoms with Gasteiger partial charge in [0.1, 0.15) is 29.7 Å². The Labute approximate surface area is 133 Å². The van der Waals surface area contributed by atoms with Crippen molar-refractivity contribution in [2.75, 3.05) is 32.7 Å². The van der Waals surface area contributed by atoms with Crippen LogP contribution in [0.1, 0.15) is 10.4 Å². The smallest absolute Gasteiger partial charge is 0.261 e. The first-order valence-electron chi connectivity index (χ1n) is 7.50. The van der Waals surface area contributed by atoms with Crippen LogP contribution in [0.3, 0.4) is 0 Å². The van der Waals surface area contributed by atoms with Crippen LogP contribution in [-0.4, -0.2) is 73.4 Å². The molecule has 8 nitrogen and oxygen atoms in total. The third-order valence-corrected chi connectivity index (χ3v) is 4.01. The number of rotatable bonds is 4. The van der Waals surface area contributed by atoms with E-state index in [4.69, 9.17) is 0 Å². The standard InChI is InChI=1S/C15H19N5O3/c21-12-2-1-3-13(22)14(12)15(23)19-7-4-18(5-8-19)6-9-20-11-16-10-17-20/h1-3,10-11,21-22H,4-9H2. The summed E-state index contributed by atoms with van der Waals surface area (Å²) in [6.07, 6.45) is 3.19. The fourth-order valence-electron chi connectivity index (χ4n) is 2.67. The van der Waals surface area contributed by atoms with E-state index in [1.807, 2.05) is 0 Å². The first kappa shape index (κ1) is 15.3. The van der Waals surface area contributed by atoms with Crippen molar-refractivity contribution in [2.45, 2.75) is 6.54 Å². The molecule has 1 fully saturated rings. The number of aromatic hydroxyl groups is 2. The van der Waals surface area contributed by atoms with E-state index in [0.29, 0.717) is 13.1 Å². The Balaban J connectivity index is 1.55. The number of aromatic nitrogens is 3. The van der Waals surface area contributed by atoms with E-state index in [9.17, 15) is 15.0 Å². The van der Waals surface area contributed by atoms with E-state index >= 15 is 0 Å². The quantitative estimate of drug-likeness (QED) is 0.833. The van der Waals surface area contributed by atoms with Gasteiger partial charge in [0.15, 0.2) is 0 Å². The minimum absolute atomic E-state index is 0.0245. The predicted molar refractivity (Wildman–Crippen MR) is 82.1 cm³/mol. The van der Waals surface area contributed by atoms with E-state index in [1.54, 1.807) is 15.9 Å². The third kappa shape index (κ3) is 3.42. The molecule has 0 aliphatic carbocycles. The van der Waals surface area contributed by atoms with Gasteiger partial charge in [-0.2, -0.15) is 5.10 Å². The molecule has 1 aromatic carbocycles. The second-order valence-corrected chi connectivity index (χ2v) is 5.46. The molecule has 0 saturated carbocycles. The molecule has 0 radical (unpaired) electrons. The van der Waals surface area contributed by atoms with Crippen LogP contribution in [-0.2, 0) is 6.54 Å². The molecule has 1 amide bonds. The van der Waals surface area contributed by atoms with Gasteiger partial charge in [-0.05, 0) is 12.1 Å². The summed E-state index contributed by atoms with van der Waals surface area (Å²) < 4.78 is 1.78. The Kier molecular flexibility index (Phi) is 4.42. The number of phenols is 2. The summed E-state index contributed by atoms with van der Waals surface area (Å²) in [5.74, 6) is -0.719. The van der Waals surface area contributed by atoms with E-state index in [1.165, 1.54) is 24.5 Å². The van der Waals surface area contributed by atoms with Crippen molar-refractivity contribution in [3.05, 3.63) is 36.4 Å².